The van der Waals surface area contributed by atoms with Crippen LogP contribution in [-0.4, -0.2) is 61.3 Å². The zero-order chi connectivity index (χ0) is 10.9. The highest BCUT2D eigenvalue weighted by Gasteiger charge is 2.43. The second-order valence-corrected chi connectivity index (χ2v) is 5.61. The van der Waals surface area contributed by atoms with Crippen molar-refractivity contribution in [2.45, 2.75) is 31.7 Å². The van der Waals surface area contributed by atoms with Gasteiger partial charge in [-0.25, -0.2) is 0 Å². The fourth-order valence-corrected chi connectivity index (χ4v) is 2.64. The maximum absolute atomic E-state index is 9.31. The van der Waals surface area contributed by atoms with Crippen molar-refractivity contribution >= 4 is 0 Å². The minimum atomic E-state index is 0.276. The first-order valence-electron chi connectivity index (χ1n) is 6.15. The van der Waals surface area contributed by atoms with Crippen LogP contribution in [0.15, 0.2) is 0 Å². The Bertz CT molecular complexity index is 208. The lowest BCUT2D eigenvalue weighted by molar-refractivity contribution is 0.101. The SMILES string of the molecule is CN1CCC(N(C)CC2(CO)CC2)CC1. The molecule has 0 spiro atoms. The lowest BCUT2D eigenvalue weighted by atomic mass is 10.0. The molecule has 0 aromatic heterocycles. The summed E-state index contributed by atoms with van der Waals surface area (Å²) in [6.07, 6.45) is 5.02. The summed E-state index contributed by atoms with van der Waals surface area (Å²) < 4.78 is 0. The third-order valence-electron chi connectivity index (χ3n) is 4.19. The zero-order valence-corrected chi connectivity index (χ0v) is 10.1. The van der Waals surface area contributed by atoms with E-state index in [4.69, 9.17) is 0 Å². The van der Waals surface area contributed by atoms with E-state index in [-0.39, 0.29) is 5.41 Å². The minimum absolute atomic E-state index is 0.276. The van der Waals surface area contributed by atoms with Crippen molar-refractivity contribution in [3.8, 4) is 0 Å². The zero-order valence-electron chi connectivity index (χ0n) is 10.1. The molecule has 0 aromatic carbocycles. The van der Waals surface area contributed by atoms with Gasteiger partial charge in [0.2, 0.25) is 0 Å². The molecule has 0 atom stereocenters. The van der Waals surface area contributed by atoms with Crippen molar-refractivity contribution in [2.75, 3.05) is 40.3 Å². The van der Waals surface area contributed by atoms with E-state index in [1.807, 2.05) is 0 Å². The Hall–Kier alpha value is -0.120. The molecule has 0 unspecified atom stereocenters. The van der Waals surface area contributed by atoms with Crippen LogP contribution in [-0.2, 0) is 0 Å². The van der Waals surface area contributed by atoms with E-state index in [1.165, 1.54) is 38.8 Å². The maximum atomic E-state index is 9.31. The van der Waals surface area contributed by atoms with Gasteiger partial charge in [-0.1, -0.05) is 0 Å². The molecule has 1 N–H and O–H groups in total. The molecule has 0 amide bonds. The molecule has 0 bridgehead atoms. The predicted molar refractivity (Wildman–Crippen MR) is 61.9 cm³/mol. The second kappa shape index (κ2) is 4.40. The highest BCUT2D eigenvalue weighted by Crippen LogP contribution is 2.45. The molecule has 3 nitrogen and oxygen atoms in total. The summed E-state index contributed by atoms with van der Waals surface area (Å²) in [7, 11) is 4.43. The number of rotatable bonds is 4. The molecule has 0 aromatic rings. The molecule has 1 saturated carbocycles. The first-order chi connectivity index (χ1) is 7.15. The molecule has 0 radical (unpaired) electrons. The molecule has 2 fully saturated rings. The summed E-state index contributed by atoms with van der Waals surface area (Å²) in [5.74, 6) is 0. The molecular formula is C12H24N2O. The van der Waals surface area contributed by atoms with E-state index in [0.717, 1.165) is 12.6 Å². The lowest BCUT2D eigenvalue weighted by Crippen LogP contribution is -2.44. The molecule has 15 heavy (non-hydrogen) atoms. The molecule has 1 aliphatic heterocycles. The van der Waals surface area contributed by atoms with Crippen LogP contribution >= 0.6 is 0 Å². The van der Waals surface area contributed by atoms with Crippen LogP contribution in [0.25, 0.3) is 0 Å². The van der Waals surface area contributed by atoms with Crippen molar-refractivity contribution in [3.63, 3.8) is 0 Å². The van der Waals surface area contributed by atoms with Crippen molar-refractivity contribution in [3.05, 3.63) is 0 Å². The van der Waals surface area contributed by atoms with E-state index >= 15 is 0 Å². The van der Waals surface area contributed by atoms with Gasteiger partial charge >= 0.3 is 0 Å². The van der Waals surface area contributed by atoms with Crippen LogP contribution < -0.4 is 0 Å². The highest BCUT2D eigenvalue weighted by atomic mass is 16.3. The van der Waals surface area contributed by atoms with Crippen molar-refractivity contribution in [1.29, 1.82) is 0 Å². The van der Waals surface area contributed by atoms with E-state index < -0.39 is 0 Å². The van der Waals surface area contributed by atoms with Crippen LogP contribution in [0.4, 0.5) is 0 Å². The normalized spacial score (nSPS) is 27.2. The third-order valence-corrected chi connectivity index (χ3v) is 4.19. The molecule has 3 heteroatoms. The van der Waals surface area contributed by atoms with Crippen LogP contribution in [0.3, 0.4) is 0 Å². The molecule has 1 aliphatic carbocycles. The fourth-order valence-electron chi connectivity index (χ4n) is 2.64. The molecule has 88 valence electrons. The molecule has 2 aliphatic rings. The number of likely N-dealkylation sites (tertiary alicyclic amines) is 1. The summed E-state index contributed by atoms with van der Waals surface area (Å²) in [4.78, 5) is 4.89. The number of hydrogen-bond acceptors (Lipinski definition) is 3. The number of aliphatic hydroxyl groups is 1. The van der Waals surface area contributed by atoms with Gasteiger partial charge in [0.1, 0.15) is 0 Å². The third kappa shape index (κ3) is 2.71. The summed E-state index contributed by atoms with van der Waals surface area (Å²) in [6, 6.07) is 0.741. The first-order valence-corrected chi connectivity index (χ1v) is 6.15. The molecule has 1 heterocycles. The van der Waals surface area contributed by atoms with E-state index in [1.54, 1.807) is 0 Å². The Morgan fingerprint density at radius 1 is 1.33 bits per heavy atom. The average Bonchev–Trinajstić information content (AvgIpc) is 2.99. The number of hydrogen-bond donors (Lipinski definition) is 1. The van der Waals surface area contributed by atoms with Gasteiger partial charge in [-0.2, -0.15) is 0 Å². The number of nitrogens with zero attached hydrogens (tertiary/aromatic N) is 2. The van der Waals surface area contributed by atoms with Crippen molar-refractivity contribution < 1.29 is 5.11 Å². The summed E-state index contributed by atoms with van der Waals surface area (Å²) in [5, 5.41) is 9.31. The first kappa shape index (κ1) is 11.4. The van der Waals surface area contributed by atoms with Gasteiger partial charge in [-0.05, 0) is 52.9 Å². The van der Waals surface area contributed by atoms with Crippen molar-refractivity contribution in [1.82, 2.24) is 9.80 Å². The van der Waals surface area contributed by atoms with Gasteiger partial charge < -0.3 is 14.9 Å². The van der Waals surface area contributed by atoms with Gasteiger partial charge in [0.05, 0.1) is 0 Å². The Morgan fingerprint density at radius 2 is 1.93 bits per heavy atom. The molecule has 2 rings (SSSR count). The summed E-state index contributed by atoms with van der Waals surface area (Å²) >= 11 is 0. The maximum Gasteiger partial charge on any atom is 0.0499 e. The smallest absolute Gasteiger partial charge is 0.0499 e. The van der Waals surface area contributed by atoms with E-state index in [9.17, 15) is 5.11 Å². The standard InChI is InChI=1S/C12H24N2O/c1-13-7-3-11(4-8-13)14(2)9-12(10-15)5-6-12/h11,15H,3-10H2,1-2H3. The molecule has 1 saturated heterocycles. The van der Waals surface area contributed by atoms with Crippen molar-refractivity contribution in [2.24, 2.45) is 5.41 Å². The monoisotopic (exact) mass is 212 g/mol. The van der Waals surface area contributed by atoms with Gasteiger partial charge in [-0.15, -0.1) is 0 Å². The second-order valence-electron chi connectivity index (χ2n) is 5.61. The Morgan fingerprint density at radius 3 is 2.40 bits per heavy atom. The average molecular weight is 212 g/mol. The summed E-state index contributed by atoms with van der Waals surface area (Å²) in [6.45, 7) is 3.92. The molecular weight excluding hydrogens is 188 g/mol. The Balaban J connectivity index is 1.78. The fraction of sp³-hybridized carbons (Fsp3) is 1.00. The Kier molecular flexibility index (Phi) is 3.33. The van der Waals surface area contributed by atoms with E-state index in [0.29, 0.717) is 6.61 Å². The van der Waals surface area contributed by atoms with Crippen LogP contribution in [0.1, 0.15) is 25.7 Å². The quantitative estimate of drug-likeness (QED) is 0.746. The highest BCUT2D eigenvalue weighted by molar-refractivity contribution is 4.95. The van der Waals surface area contributed by atoms with E-state index in [2.05, 4.69) is 23.9 Å². The largest absolute Gasteiger partial charge is 0.396 e. The van der Waals surface area contributed by atoms with Gasteiger partial charge in [0, 0.05) is 24.6 Å². The summed E-state index contributed by atoms with van der Waals surface area (Å²) in [5.41, 5.74) is 0.276. The lowest BCUT2D eigenvalue weighted by Gasteiger charge is -2.36. The topological polar surface area (TPSA) is 26.7 Å². The number of piperidine rings is 1. The van der Waals surface area contributed by atoms with Gasteiger partial charge in [0.15, 0.2) is 0 Å². The van der Waals surface area contributed by atoms with Crippen LogP contribution in [0.5, 0.6) is 0 Å². The van der Waals surface area contributed by atoms with Crippen LogP contribution in [0.2, 0.25) is 0 Å². The van der Waals surface area contributed by atoms with Gasteiger partial charge in [-0.3, -0.25) is 0 Å². The predicted octanol–water partition coefficient (Wildman–Crippen LogP) is 0.785. The Labute approximate surface area is 93.1 Å². The number of aliphatic hydroxyl groups excluding tert-OH is 1. The van der Waals surface area contributed by atoms with Crippen LogP contribution in [0, 0.1) is 5.41 Å². The van der Waals surface area contributed by atoms with Gasteiger partial charge in [0.25, 0.3) is 0 Å². The minimum Gasteiger partial charge on any atom is -0.396 e.